The fraction of sp³-hybridized carbons (Fsp3) is 0.550. The van der Waals surface area contributed by atoms with Crippen LogP contribution in [0.4, 0.5) is 4.79 Å². The van der Waals surface area contributed by atoms with E-state index in [2.05, 4.69) is 10.1 Å². The van der Waals surface area contributed by atoms with E-state index >= 15 is 0 Å². The Morgan fingerprint density at radius 1 is 1.07 bits per heavy atom. The van der Waals surface area contributed by atoms with Crippen molar-refractivity contribution in [1.29, 1.82) is 0 Å². The van der Waals surface area contributed by atoms with Crippen molar-refractivity contribution in [3.8, 4) is 11.5 Å². The van der Waals surface area contributed by atoms with Gasteiger partial charge in [-0.2, -0.15) is 4.98 Å². The van der Waals surface area contributed by atoms with Crippen molar-refractivity contribution >= 4 is 6.03 Å². The molecule has 0 radical (unpaired) electrons. The Bertz CT molecular complexity index is 753. The van der Waals surface area contributed by atoms with E-state index < -0.39 is 0 Å². The smallest absolute Gasteiger partial charge is 0.320 e. The lowest BCUT2D eigenvalue weighted by Gasteiger charge is -2.37. The minimum atomic E-state index is 0.127. The number of piperidine rings is 1. The van der Waals surface area contributed by atoms with Gasteiger partial charge < -0.3 is 23.8 Å². The number of hydrogen-bond donors (Lipinski definition) is 0. The number of carbonyl (C=O) groups excluding carboxylic acids is 1. The highest BCUT2D eigenvalue weighted by Crippen LogP contribution is 2.18. The largest absolute Gasteiger partial charge is 0.378 e. The number of nitrogens with zero attached hydrogens (tertiary/aromatic N) is 4. The van der Waals surface area contributed by atoms with Gasteiger partial charge in [-0.3, -0.25) is 0 Å². The molecule has 2 fully saturated rings. The molecule has 28 heavy (non-hydrogen) atoms. The molecular weight excluding hydrogens is 360 g/mol. The second-order valence-electron chi connectivity index (χ2n) is 7.07. The van der Waals surface area contributed by atoms with Crippen molar-refractivity contribution < 1.29 is 18.8 Å². The number of likely N-dealkylation sites (tertiary alicyclic amines) is 1. The third kappa shape index (κ3) is 4.69. The molecule has 2 saturated heterocycles. The van der Waals surface area contributed by atoms with Gasteiger partial charge in [0, 0.05) is 38.2 Å². The van der Waals surface area contributed by atoms with Crippen molar-refractivity contribution in [3.05, 3.63) is 36.2 Å². The highest BCUT2D eigenvalue weighted by molar-refractivity contribution is 5.74. The minimum Gasteiger partial charge on any atom is -0.378 e. The van der Waals surface area contributed by atoms with Gasteiger partial charge in [-0.15, -0.1) is 0 Å². The van der Waals surface area contributed by atoms with Crippen LogP contribution in [0, 0.1) is 0 Å². The van der Waals surface area contributed by atoms with Gasteiger partial charge in [-0.1, -0.05) is 23.4 Å². The Morgan fingerprint density at radius 3 is 2.54 bits per heavy atom. The topological polar surface area (TPSA) is 80.9 Å². The average molecular weight is 386 g/mol. The first-order valence-electron chi connectivity index (χ1n) is 9.91. The van der Waals surface area contributed by atoms with E-state index in [9.17, 15) is 4.79 Å². The molecular formula is C20H26N4O4. The van der Waals surface area contributed by atoms with E-state index in [1.54, 1.807) is 0 Å². The molecule has 8 heteroatoms. The van der Waals surface area contributed by atoms with Crippen LogP contribution in [0.5, 0.6) is 0 Å². The summed E-state index contributed by atoms with van der Waals surface area (Å²) in [6.45, 7) is 4.66. The van der Waals surface area contributed by atoms with Gasteiger partial charge in [0.15, 0.2) is 5.82 Å². The predicted molar refractivity (Wildman–Crippen MR) is 102 cm³/mol. The number of hydrogen-bond acceptors (Lipinski definition) is 6. The maximum Gasteiger partial charge on any atom is 0.320 e. The number of aromatic nitrogens is 2. The van der Waals surface area contributed by atoms with E-state index in [0.717, 1.165) is 31.5 Å². The van der Waals surface area contributed by atoms with Crippen LogP contribution in [0.3, 0.4) is 0 Å². The van der Waals surface area contributed by atoms with Crippen LogP contribution in [0.15, 0.2) is 34.9 Å². The van der Waals surface area contributed by atoms with Crippen LogP contribution in [0.25, 0.3) is 11.5 Å². The van der Waals surface area contributed by atoms with Crippen molar-refractivity contribution in [2.75, 3.05) is 46.0 Å². The van der Waals surface area contributed by atoms with Crippen LogP contribution >= 0.6 is 0 Å². The summed E-state index contributed by atoms with van der Waals surface area (Å²) in [6.07, 6.45) is 2.51. The SMILES string of the molecule is O=C(N1CCOCC1)N1CCC(OCCc2noc(-c3ccccc3)n2)CC1. The van der Waals surface area contributed by atoms with E-state index in [-0.39, 0.29) is 12.1 Å². The molecule has 150 valence electrons. The fourth-order valence-corrected chi connectivity index (χ4v) is 3.54. The Morgan fingerprint density at radius 2 is 1.79 bits per heavy atom. The standard InChI is InChI=1S/C20H26N4O4/c25-20(24-11-14-26-15-12-24)23-9-6-17(7-10-23)27-13-8-18-21-19(28-22-18)16-4-2-1-3-5-16/h1-5,17H,6-15H2. The number of rotatable bonds is 5. The number of amides is 2. The zero-order valence-corrected chi connectivity index (χ0v) is 16.0. The summed E-state index contributed by atoms with van der Waals surface area (Å²) < 4.78 is 16.6. The van der Waals surface area contributed by atoms with Gasteiger partial charge in [0.1, 0.15) is 0 Å². The molecule has 3 heterocycles. The molecule has 1 aromatic carbocycles. The first-order valence-corrected chi connectivity index (χ1v) is 9.91. The summed E-state index contributed by atoms with van der Waals surface area (Å²) in [5.41, 5.74) is 0.916. The highest BCUT2D eigenvalue weighted by Gasteiger charge is 2.27. The second-order valence-corrected chi connectivity index (χ2v) is 7.07. The fourth-order valence-electron chi connectivity index (χ4n) is 3.54. The summed E-state index contributed by atoms with van der Waals surface area (Å²) in [5.74, 6) is 1.18. The molecule has 2 aliphatic rings. The number of ether oxygens (including phenoxy) is 2. The Kier molecular flexibility index (Phi) is 6.18. The molecule has 0 saturated carbocycles. The zero-order valence-electron chi connectivity index (χ0n) is 16.0. The maximum atomic E-state index is 12.5. The van der Waals surface area contributed by atoms with Crippen molar-refractivity contribution in [3.63, 3.8) is 0 Å². The summed E-state index contributed by atoms with van der Waals surface area (Å²) in [5, 5.41) is 4.03. The summed E-state index contributed by atoms with van der Waals surface area (Å²) in [4.78, 5) is 20.7. The first kappa shape index (κ1) is 18.9. The average Bonchev–Trinajstić information content (AvgIpc) is 3.24. The molecule has 0 atom stereocenters. The Labute approximate surface area is 164 Å². The lowest BCUT2D eigenvalue weighted by molar-refractivity contribution is 0.00527. The van der Waals surface area contributed by atoms with Crippen LogP contribution in [-0.4, -0.2) is 78.1 Å². The minimum absolute atomic E-state index is 0.127. The third-order valence-corrected chi connectivity index (χ3v) is 5.16. The number of urea groups is 1. The van der Waals surface area contributed by atoms with Crippen LogP contribution < -0.4 is 0 Å². The summed E-state index contributed by atoms with van der Waals surface area (Å²) in [7, 11) is 0. The van der Waals surface area contributed by atoms with Crippen LogP contribution in [-0.2, 0) is 15.9 Å². The zero-order chi connectivity index (χ0) is 19.2. The normalized spacial score (nSPS) is 18.4. The molecule has 8 nitrogen and oxygen atoms in total. The maximum absolute atomic E-state index is 12.5. The van der Waals surface area contributed by atoms with Gasteiger partial charge >= 0.3 is 6.03 Å². The lowest BCUT2D eigenvalue weighted by Crippen LogP contribution is -2.51. The van der Waals surface area contributed by atoms with Crippen LogP contribution in [0.1, 0.15) is 18.7 Å². The molecule has 0 unspecified atom stereocenters. The molecule has 2 aromatic rings. The molecule has 1 aromatic heterocycles. The number of morpholine rings is 1. The summed E-state index contributed by atoms with van der Waals surface area (Å²) >= 11 is 0. The number of carbonyl (C=O) groups is 1. The van der Waals surface area contributed by atoms with Gasteiger partial charge in [-0.25, -0.2) is 4.79 Å². The quantitative estimate of drug-likeness (QED) is 0.784. The van der Waals surface area contributed by atoms with E-state index in [1.807, 2.05) is 40.1 Å². The van der Waals surface area contributed by atoms with E-state index in [4.69, 9.17) is 14.0 Å². The molecule has 2 amide bonds. The monoisotopic (exact) mass is 386 g/mol. The van der Waals surface area contributed by atoms with Gasteiger partial charge in [0.05, 0.1) is 25.9 Å². The Balaban J connectivity index is 1.18. The second kappa shape index (κ2) is 9.16. The summed E-state index contributed by atoms with van der Waals surface area (Å²) in [6, 6.07) is 9.85. The van der Waals surface area contributed by atoms with E-state index in [0.29, 0.717) is 51.0 Å². The number of benzene rings is 1. The van der Waals surface area contributed by atoms with Crippen molar-refractivity contribution in [1.82, 2.24) is 19.9 Å². The molecule has 2 aliphatic heterocycles. The predicted octanol–water partition coefficient (Wildman–Crippen LogP) is 2.21. The molecule has 4 rings (SSSR count). The highest BCUT2D eigenvalue weighted by atomic mass is 16.5. The molecule has 0 bridgehead atoms. The van der Waals surface area contributed by atoms with Gasteiger partial charge in [0.25, 0.3) is 5.89 Å². The Hall–Kier alpha value is -2.45. The van der Waals surface area contributed by atoms with E-state index in [1.165, 1.54) is 0 Å². The third-order valence-electron chi connectivity index (χ3n) is 5.16. The molecule has 0 N–H and O–H groups in total. The first-order chi connectivity index (χ1) is 13.8. The lowest BCUT2D eigenvalue weighted by atomic mass is 10.1. The molecule has 0 aliphatic carbocycles. The molecule has 0 spiro atoms. The van der Waals surface area contributed by atoms with Gasteiger partial charge in [0.2, 0.25) is 0 Å². The van der Waals surface area contributed by atoms with Crippen molar-refractivity contribution in [2.24, 2.45) is 0 Å². The van der Waals surface area contributed by atoms with Crippen LogP contribution in [0.2, 0.25) is 0 Å². The van der Waals surface area contributed by atoms with Gasteiger partial charge in [-0.05, 0) is 25.0 Å². The van der Waals surface area contributed by atoms with Crippen molar-refractivity contribution in [2.45, 2.75) is 25.4 Å².